The van der Waals surface area contributed by atoms with Gasteiger partial charge < -0.3 is 15.0 Å². The van der Waals surface area contributed by atoms with Gasteiger partial charge in [0.1, 0.15) is 12.9 Å². The first-order valence-corrected chi connectivity index (χ1v) is 10.5. The molecule has 4 rings (SSSR count). The fraction of sp³-hybridized carbons (Fsp3) is 0.600. The minimum atomic E-state index is -0.231. The van der Waals surface area contributed by atoms with E-state index in [1.165, 1.54) is 36.7 Å². The largest absolute Gasteiger partial charge is 0.456 e. The van der Waals surface area contributed by atoms with Crippen molar-refractivity contribution in [2.75, 3.05) is 13.7 Å². The van der Waals surface area contributed by atoms with E-state index in [9.17, 15) is 4.79 Å². The van der Waals surface area contributed by atoms with Crippen molar-refractivity contribution in [2.45, 2.75) is 57.7 Å². The van der Waals surface area contributed by atoms with Crippen LogP contribution in [0.25, 0.3) is 5.82 Å². The Bertz CT molecular complexity index is 859. The lowest BCUT2D eigenvalue weighted by molar-refractivity contribution is -0.135. The molecule has 1 fully saturated rings. The van der Waals surface area contributed by atoms with Crippen LogP contribution in [0.4, 0.5) is 0 Å². The summed E-state index contributed by atoms with van der Waals surface area (Å²) in [5.74, 6) is 1.09. The van der Waals surface area contributed by atoms with Gasteiger partial charge in [0.25, 0.3) is 0 Å². The van der Waals surface area contributed by atoms with Crippen LogP contribution in [0.2, 0.25) is 0 Å². The van der Waals surface area contributed by atoms with E-state index in [2.05, 4.69) is 49.7 Å². The van der Waals surface area contributed by atoms with Crippen LogP contribution in [0.15, 0.2) is 30.5 Å². The number of aromatic nitrogens is 6. The molecule has 2 aromatic rings. The predicted molar refractivity (Wildman–Crippen MR) is 108 cm³/mol. The van der Waals surface area contributed by atoms with Crippen LogP contribution in [0.5, 0.6) is 0 Å². The monoisotopic (exact) mass is 412 g/mol. The highest BCUT2D eigenvalue weighted by molar-refractivity contribution is 5.85. The summed E-state index contributed by atoms with van der Waals surface area (Å²) in [6.07, 6.45) is 12.5. The molecule has 1 N–H and O–H groups in total. The Labute approximate surface area is 175 Å². The molecular formula is C20H28N8O2. The van der Waals surface area contributed by atoms with Gasteiger partial charge in [0.05, 0.1) is 23.8 Å². The maximum absolute atomic E-state index is 11.3. The summed E-state index contributed by atoms with van der Waals surface area (Å²) in [5.41, 5.74) is 1.89. The second kappa shape index (κ2) is 9.29. The molecule has 30 heavy (non-hydrogen) atoms. The number of carbonyl (C=O) groups is 1. The van der Waals surface area contributed by atoms with Gasteiger partial charge in [-0.25, -0.2) is 9.78 Å². The highest BCUT2D eigenvalue weighted by atomic mass is 16.5. The minimum absolute atomic E-state index is 0.231. The molecule has 0 saturated heterocycles. The molecule has 0 aromatic carbocycles. The Kier molecular flexibility index (Phi) is 6.32. The Balaban J connectivity index is 1.18. The molecule has 0 amide bonds. The van der Waals surface area contributed by atoms with Crippen molar-refractivity contribution in [3.63, 3.8) is 0 Å². The SMILES string of the molecule is C[C@@H](CC1CCC(NCc2cnc(-n3cnnn3)cn2)CC1)N(C)C1=CC(=O)OC1. The van der Waals surface area contributed by atoms with E-state index >= 15 is 0 Å². The van der Waals surface area contributed by atoms with Crippen LogP contribution in [0.3, 0.4) is 0 Å². The van der Waals surface area contributed by atoms with Crippen molar-refractivity contribution in [3.8, 4) is 5.82 Å². The van der Waals surface area contributed by atoms with Gasteiger partial charge in [-0.15, -0.1) is 5.10 Å². The fourth-order valence-electron chi connectivity index (χ4n) is 4.17. The van der Waals surface area contributed by atoms with Crippen molar-refractivity contribution >= 4 is 5.97 Å². The zero-order valence-corrected chi connectivity index (χ0v) is 17.4. The number of likely N-dealkylation sites (N-methyl/N-ethyl adjacent to an activating group) is 1. The number of nitrogens with one attached hydrogen (secondary N) is 1. The Hall–Kier alpha value is -2.88. The average Bonchev–Trinajstić information content (AvgIpc) is 3.45. The number of tetrazole rings is 1. The highest BCUT2D eigenvalue weighted by Crippen LogP contribution is 2.30. The van der Waals surface area contributed by atoms with Gasteiger partial charge in [-0.2, -0.15) is 4.68 Å². The van der Waals surface area contributed by atoms with Crippen molar-refractivity contribution in [1.82, 2.24) is 40.4 Å². The van der Waals surface area contributed by atoms with Crippen LogP contribution in [0.1, 0.15) is 44.7 Å². The van der Waals surface area contributed by atoms with Gasteiger partial charge in [0, 0.05) is 31.8 Å². The molecule has 1 aliphatic carbocycles. The zero-order valence-electron chi connectivity index (χ0n) is 17.4. The molecule has 0 bridgehead atoms. The standard InChI is InChI=1S/C20H28N8O2/c1-14(27(2)18-8-20(29)30-12-18)7-15-3-5-16(6-4-15)21-9-17-10-23-19(11-22-17)28-13-24-25-26-28/h8,10-11,13-16,21H,3-7,9,12H2,1-2H3/t14-,15?,16?/m0/s1. The molecule has 3 heterocycles. The molecule has 0 radical (unpaired) electrons. The number of cyclic esters (lactones) is 1. The van der Waals surface area contributed by atoms with Crippen LogP contribution >= 0.6 is 0 Å². The first kappa shape index (κ1) is 20.4. The summed E-state index contributed by atoms with van der Waals surface area (Å²) < 4.78 is 6.51. The molecule has 10 heteroatoms. The van der Waals surface area contributed by atoms with E-state index in [0.717, 1.165) is 23.7 Å². The van der Waals surface area contributed by atoms with E-state index in [4.69, 9.17) is 4.74 Å². The van der Waals surface area contributed by atoms with Gasteiger partial charge in [0.15, 0.2) is 5.82 Å². The quantitative estimate of drug-likeness (QED) is 0.640. The molecule has 0 spiro atoms. The lowest BCUT2D eigenvalue weighted by Crippen LogP contribution is -2.36. The summed E-state index contributed by atoms with van der Waals surface area (Å²) in [4.78, 5) is 22.3. The number of hydrogen-bond donors (Lipinski definition) is 1. The highest BCUT2D eigenvalue weighted by Gasteiger charge is 2.26. The third-order valence-corrected chi connectivity index (χ3v) is 6.13. The molecule has 0 unspecified atom stereocenters. The van der Waals surface area contributed by atoms with Crippen molar-refractivity contribution in [3.05, 3.63) is 36.2 Å². The van der Waals surface area contributed by atoms with Crippen LogP contribution in [-0.4, -0.2) is 66.8 Å². The second-order valence-corrected chi connectivity index (χ2v) is 8.16. The fourth-order valence-corrected chi connectivity index (χ4v) is 4.17. The van der Waals surface area contributed by atoms with Crippen LogP contribution < -0.4 is 5.32 Å². The number of esters is 1. The van der Waals surface area contributed by atoms with E-state index < -0.39 is 0 Å². The summed E-state index contributed by atoms with van der Waals surface area (Å²) in [5, 5.41) is 14.6. The molecule has 1 aliphatic heterocycles. The van der Waals surface area contributed by atoms with Gasteiger partial charge in [0.2, 0.25) is 0 Å². The lowest BCUT2D eigenvalue weighted by atomic mass is 9.82. The number of hydrogen-bond acceptors (Lipinski definition) is 9. The Morgan fingerprint density at radius 1 is 1.27 bits per heavy atom. The second-order valence-electron chi connectivity index (χ2n) is 8.16. The van der Waals surface area contributed by atoms with Crippen molar-refractivity contribution in [1.29, 1.82) is 0 Å². The third kappa shape index (κ3) is 4.99. The number of rotatable bonds is 8. The first-order valence-electron chi connectivity index (χ1n) is 10.5. The zero-order chi connectivity index (χ0) is 20.9. The van der Waals surface area contributed by atoms with Gasteiger partial charge in [-0.1, -0.05) is 0 Å². The van der Waals surface area contributed by atoms with Gasteiger partial charge >= 0.3 is 5.97 Å². The van der Waals surface area contributed by atoms with Crippen LogP contribution in [-0.2, 0) is 16.1 Å². The molecule has 2 aliphatic rings. The van der Waals surface area contributed by atoms with Gasteiger partial charge in [-0.3, -0.25) is 4.98 Å². The van der Waals surface area contributed by atoms with E-state index in [0.29, 0.717) is 31.1 Å². The smallest absolute Gasteiger partial charge is 0.333 e. The van der Waals surface area contributed by atoms with E-state index in [1.807, 2.05) is 0 Å². The van der Waals surface area contributed by atoms with Crippen molar-refractivity contribution in [2.24, 2.45) is 5.92 Å². The summed E-state index contributed by atoms with van der Waals surface area (Å²) in [6, 6.07) is 0.910. The summed E-state index contributed by atoms with van der Waals surface area (Å²) in [7, 11) is 2.05. The van der Waals surface area contributed by atoms with Crippen LogP contribution in [0, 0.1) is 5.92 Å². The van der Waals surface area contributed by atoms with E-state index in [1.54, 1.807) is 18.5 Å². The number of carbonyl (C=O) groups excluding carboxylic acids is 1. The van der Waals surface area contributed by atoms with E-state index in [-0.39, 0.29) is 5.97 Å². The number of nitrogens with zero attached hydrogens (tertiary/aromatic N) is 7. The molecule has 1 saturated carbocycles. The summed E-state index contributed by atoms with van der Waals surface area (Å²) >= 11 is 0. The summed E-state index contributed by atoms with van der Waals surface area (Å²) in [6.45, 7) is 3.33. The lowest BCUT2D eigenvalue weighted by Gasteiger charge is -2.34. The number of ether oxygens (including phenoxy) is 1. The molecule has 2 aromatic heterocycles. The molecule has 160 valence electrons. The van der Waals surface area contributed by atoms with Gasteiger partial charge in [-0.05, 0) is 55.4 Å². The molecule has 1 atom stereocenters. The predicted octanol–water partition coefficient (Wildman–Crippen LogP) is 1.25. The van der Waals surface area contributed by atoms with Crippen molar-refractivity contribution < 1.29 is 9.53 Å². The maximum Gasteiger partial charge on any atom is 0.333 e. The maximum atomic E-state index is 11.3. The normalized spacial score (nSPS) is 22.5. The Morgan fingerprint density at radius 2 is 2.10 bits per heavy atom. The first-order chi connectivity index (χ1) is 14.6. The average molecular weight is 412 g/mol. The molecular weight excluding hydrogens is 384 g/mol. The molecule has 10 nitrogen and oxygen atoms in total. The minimum Gasteiger partial charge on any atom is -0.456 e. The third-order valence-electron chi connectivity index (χ3n) is 6.13. The topological polar surface area (TPSA) is 111 Å². The Morgan fingerprint density at radius 3 is 2.73 bits per heavy atom.